The molecule has 44 heavy (non-hydrogen) atoms. The molecule has 9 heteroatoms. The van der Waals surface area contributed by atoms with E-state index < -0.39 is 22.4 Å². The van der Waals surface area contributed by atoms with Crippen molar-refractivity contribution >= 4 is 10.0 Å². The number of hydrogen-bond acceptors (Lipinski definition) is 7. The van der Waals surface area contributed by atoms with Gasteiger partial charge in [-0.2, -0.15) is 0 Å². The minimum atomic E-state index is -3.62. The van der Waals surface area contributed by atoms with Crippen LogP contribution in [0.5, 0.6) is 0 Å². The van der Waals surface area contributed by atoms with Crippen LogP contribution in [0.3, 0.4) is 0 Å². The van der Waals surface area contributed by atoms with Crippen LogP contribution in [-0.2, 0) is 32.6 Å². The van der Waals surface area contributed by atoms with E-state index in [1.807, 2.05) is 92.8 Å². The second-order valence-corrected chi connectivity index (χ2v) is 13.0. The standard InChI is InChI=1S/C35H40N2O6S/c1-25(34(39)29-9-5-3-6-10-29)37(2)23-31-21-33(28-17-15-27(24-38)16-18-28)43-35(42-31)30-19-13-26(14-20-30)22-36-44(40,41)32-11-7-4-8-12-32/h3-20,25,31,33-36,38-39H,21-24H2,1-2H3/t25-,31+,33-,34-,35-/m0/s1. The first-order valence-electron chi connectivity index (χ1n) is 14.8. The zero-order valence-corrected chi connectivity index (χ0v) is 25.8. The maximum atomic E-state index is 12.6. The number of nitrogens with one attached hydrogen (secondary N) is 1. The van der Waals surface area contributed by atoms with Crippen molar-refractivity contribution in [3.05, 3.63) is 137 Å². The Morgan fingerprint density at radius 1 is 0.841 bits per heavy atom. The number of rotatable bonds is 12. The van der Waals surface area contributed by atoms with Crippen LogP contribution in [0.2, 0.25) is 0 Å². The number of ether oxygens (including phenoxy) is 2. The van der Waals surface area contributed by atoms with Gasteiger partial charge in [-0.3, -0.25) is 4.90 Å². The number of aliphatic hydroxyl groups is 2. The number of sulfonamides is 1. The molecule has 0 bridgehead atoms. The molecule has 1 aliphatic heterocycles. The van der Waals surface area contributed by atoms with Crippen LogP contribution in [0, 0.1) is 0 Å². The van der Waals surface area contributed by atoms with Crippen molar-refractivity contribution in [3.8, 4) is 0 Å². The summed E-state index contributed by atoms with van der Waals surface area (Å²) in [7, 11) is -1.63. The van der Waals surface area contributed by atoms with E-state index in [0.29, 0.717) is 13.0 Å². The molecule has 0 unspecified atom stereocenters. The van der Waals surface area contributed by atoms with Crippen LogP contribution >= 0.6 is 0 Å². The molecule has 232 valence electrons. The van der Waals surface area contributed by atoms with Gasteiger partial charge in [0, 0.05) is 31.1 Å². The monoisotopic (exact) mass is 616 g/mol. The average Bonchev–Trinajstić information content (AvgIpc) is 3.07. The van der Waals surface area contributed by atoms with Crippen molar-refractivity contribution < 1.29 is 28.1 Å². The molecule has 1 heterocycles. The van der Waals surface area contributed by atoms with Crippen molar-refractivity contribution in [1.29, 1.82) is 0 Å². The lowest BCUT2D eigenvalue weighted by atomic mass is 9.98. The van der Waals surface area contributed by atoms with Crippen LogP contribution < -0.4 is 4.72 Å². The summed E-state index contributed by atoms with van der Waals surface area (Å²) in [6, 6.07) is 33.1. The molecule has 8 nitrogen and oxygen atoms in total. The van der Waals surface area contributed by atoms with Gasteiger partial charge in [-0.15, -0.1) is 0 Å². The lowest BCUT2D eigenvalue weighted by Crippen LogP contribution is -2.43. The highest BCUT2D eigenvalue weighted by molar-refractivity contribution is 7.89. The van der Waals surface area contributed by atoms with Gasteiger partial charge < -0.3 is 19.7 Å². The fourth-order valence-corrected chi connectivity index (χ4v) is 6.38. The van der Waals surface area contributed by atoms with Gasteiger partial charge in [-0.1, -0.05) is 97.1 Å². The molecule has 5 rings (SSSR count). The van der Waals surface area contributed by atoms with Gasteiger partial charge in [0.2, 0.25) is 10.0 Å². The summed E-state index contributed by atoms with van der Waals surface area (Å²) >= 11 is 0. The average molecular weight is 617 g/mol. The van der Waals surface area contributed by atoms with Gasteiger partial charge in [0.05, 0.1) is 29.8 Å². The van der Waals surface area contributed by atoms with Gasteiger partial charge in [0.1, 0.15) is 0 Å². The third-order valence-electron chi connectivity index (χ3n) is 8.17. The summed E-state index contributed by atoms with van der Waals surface area (Å²) < 4.78 is 40.9. The Labute approximate surface area is 259 Å². The number of nitrogens with zero attached hydrogens (tertiary/aromatic N) is 1. The van der Waals surface area contributed by atoms with E-state index in [9.17, 15) is 18.6 Å². The van der Waals surface area contributed by atoms with Crippen LogP contribution in [0.4, 0.5) is 0 Å². The van der Waals surface area contributed by atoms with Crippen molar-refractivity contribution in [1.82, 2.24) is 9.62 Å². The highest BCUT2D eigenvalue weighted by atomic mass is 32.2. The summed E-state index contributed by atoms with van der Waals surface area (Å²) in [5, 5.41) is 20.5. The van der Waals surface area contributed by atoms with Gasteiger partial charge in [-0.05, 0) is 48.4 Å². The lowest BCUT2D eigenvalue weighted by molar-refractivity contribution is -0.253. The fourth-order valence-electron chi connectivity index (χ4n) is 5.34. The van der Waals surface area contributed by atoms with Gasteiger partial charge in [-0.25, -0.2) is 13.1 Å². The first-order chi connectivity index (χ1) is 21.2. The summed E-state index contributed by atoms with van der Waals surface area (Å²) in [6.45, 7) is 2.71. The fraction of sp³-hybridized carbons (Fsp3) is 0.314. The van der Waals surface area contributed by atoms with E-state index in [4.69, 9.17) is 9.47 Å². The Morgan fingerprint density at radius 3 is 2.07 bits per heavy atom. The predicted octanol–water partition coefficient (Wildman–Crippen LogP) is 5.26. The second kappa shape index (κ2) is 14.6. The molecule has 0 amide bonds. The largest absolute Gasteiger partial charge is 0.392 e. The van der Waals surface area contributed by atoms with E-state index in [-0.39, 0.29) is 36.3 Å². The molecule has 0 saturated carbocycles. The van der Waals surface area contributed by atoms with E-state index >= 15 is 0 Å². The number of hydrogen-bond donors (Lipinski definition) is 3. The molecule has 4 aromatic rings. The minimum Gasteiger partial charge on any atom is -0.392 e. The third kappa shape index (κ3) is 7.99. The van der Waals surface area contributed by atoms with Crippen LogP contribution in [-0.4, -0.2) is 49.3 Å². The molecule has 1 fully saturated rings. The maximum absolute atomic E-state index is 12.6. The second-order valence-electron chi connectivity index (χ2n) is 11.3. The summed E-state index contributed by atoms with van der Waals surface area (Å²) in [5.74, 6) is 0. The quantitative estimate of drug-likeness (QED) is 0.199. The number of likely N-dealkylation sites (N-methyl/N-ethyl adjacent to an activating group) is 1. The molecule has 0 spiro atoms. The number of aliphatic hydroxyl groups excluding tert-OH is 2. The van der Waals surface area contributed by atoms with Crippen LogP contribution in [0.25, 0.3) is 0 Å². The normalized spacial score (nSPS) is 20.3. The van der Waals surface area contributed by atoms with Gasteiger partial charge in [0.25, 0.3) is 0 Å². The highest BCUT2D eigenvalue weighted by Gasteiger charge is 2.34. The van der Waals surface area contributed by atoms with E-state index in [0.717, 1.165) is 27.8 Å². The Kier molecular flexibility index (Phi) is 10.6. The van der Waals surface area contributed by atoms with Crippen molar-refractivity contribution in [3.63, 3.8) is 0 Å². The maximum Gasteiger partial charge on any atom is 0.240 e. The summed E-state index contributed by atoms with van der Waals surface area (Å²) in [5.41, 5.74) is 4.32. The minimum absolute atomic E-state index is 0.0273. The van der Waals surface area contributed by atoms with Gasteiger partial charge >= 0.3 is 0 Å². The van der Waals surface area contributed by atoms with Crippen molar-refractivity contribution in [2.75, 3.05) is 13.6 Å². The Bertz CT molecular complexity index is 1570. The van der Waals surface area contributed by atoms with Crippen LogP contribution in [0.1, 0.15) is 59.7 Å². The summed E-state index contributed by atoms with van der Waals surface area (Å²) in [6.07, 6.45) is -1.11. The smallest absolute Gasteiger partial charge is 0.240 e. The van der Waals surface area contributed by atoms with E-state index in [2.05, 4.69) is 9.62 Å². The first-order valence-corrected chi connectivity index (χ1v) is 16.3. The predicted molar refractivity (Wildman–Crippen MR) is 169 cm³/mol. The van der Waals surface area contributed by atoms with Crippen molar-refractivity contribution in [2.45, 2.75) is 62.0 Å². The van der Waals surface area contributed by atoms with Gasteiger partial charge in [0.15, 0.2) is 6.29 Å². The molecule has 0 aliphatic carbocycles. The molecule has 1 saturated heterocycles. The lowest BCUT2D eigenvalue weighted by Gasteiger charge is -2.39. The zero-order valence-electron chi connectivity index (χ0n) is 25.0. The molecule has 3 N–H and O–H groups in total. The molecule has 4 aromatic carbocycles. The Hall–Kier alpha value is -3.41. The highest BCUT2D eigenvalue weighted by Crippen LogP contribution is 2.38. The van der Waals surface area contributed by atoms with E-state index in [1.54, 1.807) is 30.3 Å². The third-order valence-corrected chi connectivity index (χ3v) is 9.59. The molecule has 1 aliphatic rings. The first kappa shape index (κ1) is 32.0. The Balaban J connectivity index is 1.30. The van der Waals surface area contributed by atoms with Crippen LogP contribution in [0.15, 0.2) is 114 Å². The number of benzene rings is 4. The molecular formula is C35H40N2O6S. The zero-order chi connectivity index (χ0) is 31.1. The topological polar surface area (TPSA) is 108 Å². The molecule has 0 aromatic heterocycles. The Morgan fingerprint density at radius 2 is 1.43 bits per heavy atom. The SMILES string of the molecule is C[C@@H]([C@H](O)c1ccccc1)N(C)C[C@H]1C[C@@H](c2ccc(CO)cc2)O[C@@H](c2ccc(CNS(=O)(=O)c3ccccc3)cc2)O1. The molecule has 0 radical (unpaired) electrons. The molecular weight excluding hydrogens is 576 g/mol. The molecule has 5 atom stereocenters. The van der Waals surface area contributed by atoms with Crippen molar-refractivity contribution in [2.24, 2.45) is 0 Å². The van der Waals surface area contributed by atoms with E-state index in [1.165, 1.54) is 0 Å². The summed E-state index contributed by atoms with van der Waals surface area (Å²) in [4.78, 5) is 2.33.